The largest absolute Gasteiger partial charge is 0.488 e. The summed E-state index contributed by atoms with van der Waals surface area (Å²) in [7, 11) is 0. The minimum Gasteiger partial charge on any atom is -0.488 e. The normalized spacial score (nSPS) is 12.4. The van der Waals surface area contributed by atoms with Crippen molar-refractivity contribution in [1.82, 2.24) is 20.9 Å². The standard InChI is InChI=1S/C34H36N4O7/c1-34(2,3)45-25-16-14-23(15-17-25)18-26(37-31(41)28-21-44-32(38-28)24-12-8-5-9-13-24)30(40)35-20-29(39)36-27(33(42)43)19-22-10-6-4-7-11-22/h4-17,21,26-27H,18-20H2,1-3H3,(H,35,40)(H,36,39)(H,37,41)(H,42,43)/t26-,27-/m0/s1. The lowest BCUT2D eigenvalue weighted by Crippen LogP contribution is -2.51. The molecular formula is C34H36N4O7. The number of benzene rings is 3. The number of aliphatic carboxylic acids is 1. The summed E-state index contributed by atoms with van der Waals surface area (Å²) in [4.78, 5) is 55.2. The number of carbonyl (C=O) groups excluding carboxylic acids is 3. The van der Waals surface area contributed by atoms with Crippen LogP contribution in [0.25, 0.3) is 11.5 Å². The summed E-state index contributed by atoms with van der Waals surface area (Å²) in [6.45, 7) is 5.30. The SMILES string of the molecule is CC(C)(C)Oc1ccc(C[C@H](NC(=O)c2coc(-c3ccccc3)n2)C(=O)NCC(=O)N[C@@H](Cc2ccccc2)C(=O)O)cc1. The van der Waals surface area contributed by atoms with Gasteiger partial charge < -0.3 is 30.2 Å². The number of nitrogens with one attached hydrogen (secondary N) is 3. The third-order valence-corrected chi connectivity index (χ3v) is 6.51. The zero-order chi connectivity index (χ0) is 32.4. The Bertz CT molecular complexity index is 1600. The third kappa shape index (κ3) is 10.1. The molecule has 1 aromatic heterocycles. The van der Waals surface area contributed by atoms with Crippen LogP contribution in [0.4, 0.5) is 0 Å². The van der Waals surface area contributed by atoms with Crippen LogP contribution in [0.3, 0.4) is 0 Å². The maximum atomic E-state index is 13.3. The number of ether oxygens (including phenoxy) is 1. The van der Waals surface area contributed by atoms with Crippen LogP contribution in [0.5, 0.6) is 5.75 Å². The summed E-state index contributed by atoms with van der Waals surface area (Å²) >= 11 is 0. The first kappa shape index (κ1) is 32.5. The predicted molar refractivity (Wildman–Crippen MR) is 166 cm³/mol. The Morgan fingerprint density at radius 2 is 1.42 bits per heavy atom. The van der Waals surface area contributed by atoms with Crippen LogP contribution in [-0.2, 0) is 27.2 Å². The predicted octanol–water partition coefficient (Wildman–Crippen LogP) is 3.79. The van der Waals surface area contributed by atoms with Crippen LogP contribution < -0.4 is 20.7 Å². The van der Waals surface area contributed by atoms with E-state index in [9.17, 15) is 24.3 Å². The van der Waals surface area contributed by atoms with E-state index >= 15 is 0 Å². The van der Waals surface area contributed by atoms with Gasteiger partial charge in [-0.1, -0.05) is 60.7 Å². The molecule has 4 rings (SSSR count). The van der Waals surface area contributed by atoms with Gasteiger partial charge in [0.1, 0.15) is 29.7 Å². The number of rotatable bonds is 13. The molecule has 0 spiro atoms. The van der Waals surface area contributed by atoms with Crippen molar-refractivity contribution in [3.05, 3.63) is 108 Å². The minimum absolute atomic E-state index is 0.0245. The second kappa shape index (κ2) is 14.8. The van der Waals surface area contributed by atoms with Crippen molar-refractivity contribution in [2.24, 2.45) is 0 Å². The molecule has 0 radical (unpaired) electrons. The first-order valence-corrected chi connectivity index (χ1v) is 14.4. The van der Waals surface area contributed by atoms with Crippen molar-refractivity contribution in [3.63, 3.8) is 0 Å². The average Bonchev–Trinajstić information content (AvgIpc) is 3.51. The molecule has 1 heterocycles. The average molecular weight is 613 g/mol. The molecule has 11 heteroatoms. The zero-order valence-corrected chi connectivity index (χ0v) is 25.3. The lowest BCUT2D eigenvalue weighted by molar-refractivity contribution is -0.141. The van der Waals surface area contributed by atoms with E-state index in [2.05, 4.69) is 20.9 Å². The van der Waals surface area contributed by atoms with E-state index in [1.54, 1.807) is 66.7 Å². The topological polar surface area (TPSA) is 160 Å². The molecule has 3 amide bonds. The van der Waals surface area contributed by atoms with Gasteiger partial charge in [-0.25, -0.2) is 9.78 Å². The number of carboxylic acid groups (broad SMARTS) is 1. The van der Waals surface area contributed by atoms with Crippen LogP contribution in [0, 0.1) is 0 Å². The Morgan fingerprint density at radius 3 is 2.04 bits per heavy atom. The van der Waals surface area contributed by atoms with Gasteiger partial charge in [0.15, 0.2) is 5.69 Å². The summed E-state index contributed by atoms with van der Waals surface area (Å²) in [5.74, 6) is -2.29. The molecule has 234 valence electrons. The molecular weight excluding hydrogens is 576 g/mol. The Balaban J connectivity index is 1.44. The molecule has 11 nitrogen and oxygen atoms in total. The first-order valence-electron chi connectivity index (χ1n) is 14.4. The lowest BCUT2D eigenvalue weighted by Gasteiger charge is -2.22. The molecule has 3 aromatic carbocycles. The van der Waals surface area contributed by atoms with Crippen LogP contribution >= 0.6 is 0 Å². The van der Waals surface area contributed by atoms with E-state index in [1.165, 1.54) is 6.26 Å². The lowest BCUT2D eigenvalue weighted by atomic mass is 10.0. The van der Waals surface area contributed by atoms with Gasteiger partial charge in [0.25, 0.3) is 5.91 Å². The van der Waals surface area contributed by atoms with Gasteiger partial charge in [0.05, 0.1) is 6.54 Å². The van der Waals surface area contributed by atoms with Gasteiger partial charge in [-0.15, -0.1) is 0 Å². The second-order valence-corrected chi connectivity index (χ2v) is 11.4. The molecule has 0 aliphatic rings. The molecule has 0 aliphatic heterocycles. The molecule has 0 saturated carbocycles. The number of amides is 3. The number of hydrogen-bond donors (Lipinski definition) is 4. The smallest absolute Gasteiger partial charge is 0.326 e. The maximum Gasteiger partial charge on any atom is 0.326 e. The number of nitrogens with zero attached hydrogens (tertiary/aromatic N) is 1. The number of carboxylic acids is 1. The monoisotopic (exact) mass is 612 g/mol. The van der Waals surface area contributed by atoms with Gasteiger partial charge in [-0.2, -0.15) is 0 Å². The summed E-state index contributed by atoms with van der Waals surface area (Å²) < 4.78 is 11.3. The number of oxazole rings is 1. The summed E-state index contributed by atoms with van der Waals surface area (Å²) in [6, 6.07) is 22.7. The number of carbonyl (C=O) groups is 4. The van der Waals surface area contributed by atoms with E-state index in [4.69, 9.17) is 9.15 Å². The highest BCUT2D eigenvalue weighted by Gasteiger charge is 2.26. The van der Waals surface area contributed by atoms with Crippen LogP contribution in [0.15, 0.2) is 95.6 Å². The van der Waals surface area contributed by atoms with Crippen molar-refractivity contribution in [2.45, 2.75) is 51.3 Å². The Hall–Kier alpha value is -5.45. The fourth-order valence-electron chi connectivity index (χ4n) is 4.40. The molecule has 4 N–H and O–H groups in total. The Labute approximate surface area is 261 Å². The molecule has 0 fully saturated rings. The first-order chi connectivity index (χ1) is 21.5. The summed E-state index contributed by atoms with van der Waals surface area (Å²) in [5, 5.41) is 17.2. The zero-order valence-electron chi connectivity index (χ0n) is 25.3. The van der Waals surface area contributed by atoms with Crippen LogP contribution in [0.1, 0.15) is 42.4 Å². The highest BCUT2D eigenvalue weighted by Crippen LogP contribution is 2.20. The van der Waals surface area contributed by atoms with E-state index in [-0.39, 0.29) is 24.4 Å². The minimum atomic E-state index is -1.20. The van der Waals surface area contributed by atoms with E-state index in [1.807, 2.05) is 39.0 Å². The Morgan fingerprint density at radius 1 is 0.822 bits per heavy atom. The molecule has 2 atom stereocenters. The van der Waals surface area contributed by atoms with Crippen molar-refractivity contribution in [1.29, 1.82) is 0 Å². The van der Waals surface area contributed by atoms with Crippen LogP contribution in [-0.4, -0.2) is 58.0 Å². The molecule has 0 saturated heterocycles. The van der Waals surface area contributed by atoms with E-state index < -0.39 is 47.9 Å². The van der Waals surface area contributed by atoms with Crippen LogP contribution in [0.2, 0.25) is 0 Å². The Kier molecular flexibility index (Phi) is 10.7. The highest BCUT2D eigenvalue weighted by atomic mass is 16.5. The van der Waals surface area contributed by atoms with Gasteiger partial charge >= 0.3 is 5.97 Å². The number of aromatic nitrogens is 1. The summed E-state index contributed by atoms with van der Waals surface area (Å²) in [5.41, 5.74) is 1.72. The highest BCUT2D eigenvalue weighted by molar-refractivity contribution is 5.97. The third-order valence-electron chi connectivity index (χ3n) is 6.51. The number of hydrogen-bond acceptors (Lipinski definition) is 7. The van der Waals surface area contributed by atoms with Crippen molar-refractivity contribution in [2.75, 3.05) is 6.54 Å². The molecule has 0 aliphatic carbocycles. The fourth-order valence-corrected chi connectivity index (χ4v) is 4.40. The quantitative estimate of drug-likeness (QED) is 0.177. The van der Waals surface area contributed by atoms with Gasteiger partial charge in [-0.05, 0) is 56.2 Å². The maximum absolute atomic E-state index is 13.3. The van der Waals surface area contributed by atoms with Gasteiger partial charge in [0, 0.05) is 18.4 Å². The van der Waals surface area contributed by atoms with E-state index in [0.29, 0.717) is 11.3 Å². The van der Waals surface area contributed by atoms with Crippen molar-refractivity contribution < 1.29 is 33.4 Å². The second-order valence-electron chi connectivity index (χ2n) is 11.4. The molecule has 45 heavy (non-hydrogen) atoms. The van der Waals surface area contributed by atoms with Gasteiger partial charge in [0.2, 0.25) is 17.7 Å². The fraction of sp³-hybridized carbons (Fsp3) is 0.265. The van der Waals surface area contributed by atoms with Crippen molar-refractivity contribution in [3.8, 4) is 17.2 Å². The van der Waals surface area contributed by atoms with Crippen molar-refractivity contribution >= 4 is 23.7 Å². The molecule has 0 unspecified atom stereocenters. The molecule has 4 aromatic rings. The van der Waals surface area contributed by atoms with E-state index in [0.717, 1.165) is 11.1 Å². The summed E-state index contributed by atoms with van der Waals surface area (Å²) in [6.07, 6.45) is 1.37. The van der Waals surface area contributed by atoms with Gasteiger partial charge in [-0.3, -0.25) is 14.4 Å². The molecule has 0 bridgehead atoms.